The van der Waals surface area contributed by atoms with Crippen molar-refractivity contribution < 1.29 is 4.79 Å². The lowest BCUT2D eigenvalue weighted by Gasteiger charge is -2.52. The molecule has 0 N–H and O–H groups in total. The Hall–Kier alpha value is -0.330. The van der Waals surface area contributed by atoms with Crippen molar-refractivity contribution in [1.29, 1.82) is 0 Å². The summed E-state index contributed by atoms with van der Waals surface area (Å²) in [5.41, 5.74) is 0.420. The Morgan fingerprint density at radius 3 is 2.50 bits per heavy atom. The molecule has 2 unspecified atom stereocenters. The van der Waals surface area contributed by atoms with Crippen LogP contribution in [0.25, 0.3) is 0 Å². The topological polar surface area (TPSA) is 17.1 Å². The molecule has 2 saturated carbocycles. The van der Waals surface area contributed by atoms with Gasteiger partial charge >= 0.3 is 0 Å². The summed E-state index contributed by atoms with van der Waals surface area (Å²) in [4.78, 5) is 12.0. The van der Waals surface area contributed by atoms with Crippen molar-refractivity contribution in [2.75, 3.05) is 0 Å². The van der Waals surface area contributed by atoms with E-state index in [2.05, 4.69) is 20.8 Å². The van der Waals surface area contributed by atoms with Crippen LogP contribution in [-0.4, -0.2) is 5.78 Å². The summed E-state index contributed by atoms with van der Waals surface area (Å²) in [6, 6.07) is 0. The van der Waals surface area contributed by atoms with Crippen LogP contribution in [0.3, 0.4) is 0 Å². The van der Waals surface area contributed by atoms with E-state index < -0.39 is 0 Å². The molecule has 0 aromatic heterocycles. The van der Waals surface area contributed by atoms with Gasteiger partial charge in [-0.25, -0.2) is 0 Å². The number of carbonyl (C=O) groups excluding carboxylic acids is 1. The second kappa shape index (κ2) is 3.08. The second-order valence-corrected chi connectivity index (χ2v) is 6.13. The Bertz CT molecular complexity index is 254. The van der Waals surface area contributed by atoms with Crippen molar-refractivity contribution in [3.05, 3.63) is 0 Å². The van der Waals surface area contributed by atoms with E-state index in [0.717, 1.165) is 19.3 Å². The molecule has 14 heavy (non-hydrogen) atoms. The zero-order valence-corrected chi connectivity index (χ0v) is 9.73. The van der Waals surface area contributed by atoms with Gasteiger partial charge in [0.25, 0.3) is 0 Å². The maximum atomic E-state index is 12.0. The quantitative estimate of drug-likeness (QED) is 0.576. The highest BCUT2D eigenvalue weighted by Gasteiger charge is 2.51. The number of rotatable bonds is 0. The first-order valence-electron chi connectivity index (χ1n) is 6.00. The smallest absolute Gasteiger partial charge is 0.139 e. The Morgan fingerprint density at radius 1 is 1.14 bits per heavy atom. The SMILES string of the molecule is CC1(C)CCCC2(C)C(=O)CCCC12. The Balaban J connectivity index is 2.32. The fourth-order valence-corrected chi connectivity index (χ4v) is 3.92. The van der Waals surface area contributed by atoms with Crippen LogP contribution in [0.2, 0.25) is 0 Å². The molecule has 0 aliphatic heterocycles. The van der Waals surface area contributed by atoms with E-state index in [9.17, 15) is 4.79 Å². The Kier molecular flexibility index (Phi) is 2.24. The van der Waals surface area contributed by atoms with Crippen molar-refractivity contribution >= 4 is 5.78 Å². The standard InChI is InChI=1S/C13H22O/c1-12(2)8-5-9-13(3)10(12)6-4-7-11(13)14/h10H,4-9H2,1-3H3. The highest BCUT2D eigenvalue weighted by atomic mass is 16.1. The van der Waals surface area contributed by atoms with E-state index in [4.69, 9.17) is 0 Å². The van der Waals surface area contributed by atoms with Gasteiger partial charge in [0.1, 0.15) is 5.78 Å². The van der Waals surface area contributed by atoms with Gasteiger partial charge in [-0.2, -0.15) is 0 Å². The molecule has 2 rings (SSSR count). The van der Waals surface area contributed by atoms with Crippen molar-refractivity contribution in [3.63, 3.8) is 0 Å². The van der Waals surface area contributed by atoms with Crippen molar-refractivity contribution in [2.24, 2.45) is 16.7 Å². The fourth-order valence-electron chi connectivity index (χ4n) is 3.92. The number of hydrogen-bond donors (Lipinski definition) is 0. The summed E-state index contributed by atoms with van der Waals surface area (Å²) in [5.74, 6) is 1.19. The lowest BCUT2D eigenvalue weighted by atomic mass is 9.51. The number of carbonyl (C=O) groups is 1. The number of Topliss-reactive ketones (excluding diaryl/α,β-unsaturated/α-hetero) is 1. The molecule has 1 nitrogen and oxygen atoms in total. The molecule has 0 aromatic rings. The van der Waals surface area contributed by atoms with Gasteiger partial charge in [0.05, 0.1) is 0 Å². The van der Waals surface area contributed by atoms with Gasteiger partial charge in [-0.3, -0.25) is 4.79 Å². The summed E-state index contributed by atoms with van der Waals surface area (Å²) in [6.07, 6.45) is 6.92. The van der Waals surface area contributed by atoms with Gasteiger partial charge < -0.3 is 0 Å². The molecule has 0 heterocycles. The molecule has 2 aliphatic rings. The summed E-state index contributed by atoms with van der Waals surface area (Å²) in [6.45, 7) is 6.93. The minimum Gasteiger partial charge on any atom is -0.299 e. The minimum atomic E-state index is 0.0278. The fraction of sp³-hybridized carbons (Fsp3) is 0.923. The Labute approximate surface area is 87.3 Å². The lowest BCUT2D eigenvalue weighted by Crippen LogP contribution is -2.49. The van der Waals surface area contributed by atoms with Crippen LogP contribution in [0.5, 0.6) is 0 Å². The molecular weight excluding hydrogens is 172 g/mol. The monoisotopic (exact) mass is 194 g/mol. The zero-order chi connectivity index (χ0) is 10.4. The zero-order valence-electron chi connectivity index (χ0n) is 9.73. The van der Waals surface area contributed by atoms with Gasteiger partial charge in [-0.05, 0) is 37.0 Å². The molecule has 1 heteroatoms. The van der Waals surface area contributed by atoms with Gasteiger partial charge in [-0.15, -0.1) is 0 Å². The third-order valence-electron chi connectivity index (χ3n) is 4.76. The average Bonchev–Trinajstić information content (AvgIpc) is 2.08. The molecule has 2 aliphatic carbocycles. The van der Waals surface area contributed by atoms with Gasteiger partial charge in [-0.1, -0.05) is 27.2 Å². The normalized spacial score (nSPS) is 41.9. The van der Waals surface area contributed by atoms with Crippen LogP contribution in [0.1, 0.15) is 59.3 Å². The molecule has 0 radical (unpaired) electrons. The molecule has 2 fully saturated rings. The molecular formula is C13H22O. The largest absolute Gasteiger partial charge is 0.299 e. The van der Waals surface area contributed by atoms with Crippen LogP contribution in [0, 0.1) is 16.7 Å². The molecule has 0 aromatic carbocycles. The Morgan fingerprint density at radius 2 is 1.86 bits per heavy atom. The first-order valence-corrected chi connectivity index (χ1v) is 6.00. The first kappa shape index (κ1) is 10.2. The maximum Gasteiger partial charge on any atom is 0.139 e. The predicted molar refractivity (Wildman–Crippen MR) is 58.1 cm³/mol. The van der Waals surface area contributed by atoms with Crippen LogP contribution in [0.4, 0.5) is 0 Å². The van der Waals surface area contributed by atoms with Crippen LogP contribution >= 0.6 is 0 Å². The first-order chi connectivity index (χ1) is 6.47. The summed E-state index contributed by atoms with van der Waals surface area (Å²) < 4.78 is 0. The summed E-state index contributed by atoms with van der Waals surface area (Å²) in [7, 11) is 0. The third-order valence-corrected chi connectivity index (χ3v) is 4.76. The number of ketones is 1. The third kappa shape index (κ3) is 1.32. The van der Waals surface area contributed by atoms with E-state index in [-0.39, 0.29) is 5.41 Å². The average molecular weight is 194 g/mol. The summed E-state index contributed by atoms with van der Waals surface area (Å²) >= 11 is 0. The van der Waals surface area contributed by atoms with Gasteiger partial charge in [0.2, 0.25) is 0 Å². The van der Waals surface area contributed by atoms with Crippen molar-refractivity contribution in [1.82, 2.24) is 0 Å². The molecule has 0 amide bonds. The summed E-state index contributed by atoms with van der Waals surface area (Å²) in [5, 5.41) is 0. The maximum absolute atomic E-state index is 12.0. The van der Waals surface area contributed by atoms with Crippen LogP contribution in [-0.2, 0) is 4.79 Å². The van der Waals surface area contributed by atoms with Crippen LogP contribution in [0.15, 0.2) is 0 Å². The van der Waals surface area contributed by atoms with E-state index in [1.54, 1.807) is 0 Å². The molecule has 80 valence electrons. The van der Waals surface area contributed by atoms with Gasteiger partial charge in [0.15, 0.2) is 0 Å². The van der Waals surface area contributed by atoms with Gasteiger partial charge in [0, 0.05) is 11.8 Å². The van der Waals surface area contributed by atoms with Crippen molar-refractivity contribution in [3.8, 4) is 0 Å². The van der Waals surface area contributed by atoms with E-state index in [1.807, 2.05) is 0 Å². The second-order valence-electron chi connectivity index (χ2n) is 6.13. The molecule has 2 atom stereocenters. The van der Waals surface area contributed by atoms with E-state index in [1.165, 1.54) is 19.3 Å². The van der Waals surface area contributed by atoms with E-state index >= 15 is 0 Å². The highest BCUT2D eigenvalue weighted by molar-refractivity contribution is 5.85. The van der Waals surface area contributed by atoms with E-state index in [0.29, 0.717) is 17.1 Å². The predicted octanol–water partition coefficient (Wildman–Crippen LogP) is 3.57. The number of hydrogen-bond acceptors (Lipinski definition) is 1. The van der Waals surface area contributed by atoms with Crippen LogP contribution < -0.4 is 0 Å². The minimum absolute atomic E-state index is 0.0278. The molecule has 0 saturated heterocycles. The number of fused-ring (bicyclic) bond motifs is 1. The van der Waals surface area contributed by atoms with Crippen molar-refractivity contribution in [2.45, 2.75) is 59.3 Å². The molecule has 0 bridgehead atoms. The molecule has 0 spiro atoms. The highest BCUT2D eigenvalue weighted by Crippen LogP contribution is 2.55. The lowest BCUT2D eigenvalue weighted by molar-refractivity contribution is -0.143.